The zero-order valence-corrected chi connectivity index (χ0v) is 26.7. The molecule has 0 spiro atoms. The number of hydrogen-bond acceptors (Lipinski definition) is 3. The van der Waals surface area contributed by atoms with Crippen LogP contribution in [0.1, 0.15) is 0 Å². The van der Waals surface area contributed by atoms with Crippen LogP contribution in [0, 0.1) is 0 Å². The van der Waals surface area contributed by atoms with Crippen molar-refractivity contribution in [1.82, 2.24) is 0 Å². The Morgan fingerprint density at radius 3 is 1.42 bits per heavy atom. The van der Waals surface area contributed by atoms with Crippen molar-refractivity contribution in [2.75, 3.05) is 0 Å². The topological polar surface area (TPSA) is 35.5 Å². The monoisotopic (exact) mass is 634 g/mol. The molecular weight excluding hydrogens is 607 g/mol. The van der Waals surface area contributed by atoms with Gasteiger partial charge in [-0.25, -0.2) is 0 Å². The van der Waals surface area contributed by atoms with Gasteiger partial charge in [0, 0.05) is 5.56 Å². The lowest BCUT2D eigenvalue weighted by Gasteiger charge is -2.36. The van der Waals surface area contributed by atoms with Crippen LogP contribution in [0.3, 0.4) is 0 Å². The van der Waals surface area contributed by atoms with Gasteiger partial charge < -0.3 is 14.0 Å². The maximum absolute atomic E-state index is 16.6. The normalized spacial score (nSPS) is 15.6. The molecule has 0 bridgehead atoms. The first-order chi connectivity index (χ1) is 23.7. The molecule has 10 rings (SSSR count). The van der Waals surface area contributed by atoms with E-state index in [2.05, 4.69) is 103 Å². The third kappa shape index (κ3) is 3.92. The SMILES string of the molecule is O=P12c3c(ccc(-c4cc(-c5ccccc5)cc(-c5ccccc5)c4)c3Oc3ccc4ccccc4c31)Oc1ccc3ccccc3c12. The zero-order chi connectivity index (χ0) is 31.8. The van der Waals surface area contributed by atoms with E-state index in [9.17, 15) is 0 Å². The molecule has 0 saturated carbocycles. The van der Waals surface area contributed by atoms with Crippen molar-refractivity contribution < 1.29 is 14.0 Å². The maximum atomic E-state index is 16.6. The van der Waals surface area contributed by atoms with Crippen LogP contribution >= 0.6 is 7.14 Å². The summed E-state index contributed by atoms with van der Waals surface area (Å²) >= 11 is 0. The standard InChI is InChI=1S/C44H27O3P/c45-48-42-36-17-9-7-15-30(36)19-22-38(42)46-40-24-21-35(41(44(40)48)47-39-23-20-31-16-8-10-18-37(31)43(39)48)34-26-32(28-11-3-1-4-12-28)25-33(27-34)29-13-5-2-6-14-29/h1-27H. The molecule has 0 aromatic heterocycles. The second-order valence-electron chi connectivity index (χ2n) is 12.4. The van der Waals surface area contributed by atoms with Crippen molar-refractivity contribution in [3.8, 4) is 56.4 Å². The van der Waals surface area contributed by atoms with Gasteiger partial charge >= 0.3 is 0 Å². The molecule has 3 nitrogen and oxygen atoms in total. The predicted molar refractivity (Wildman–Crippen MR) is 197 cm³/mol. The first kappa shape index (κ1) is 27.2. The molecule has 4 heteroatoms. The number of benzene rings is 8. The molecule has 2 aliphatic heterocycles. The summed E-state index contributed by atoms with van der Waals surface area (Å²) in [6.07, 6.45) is 0. The highest BCUT2D eigenvalue weighted by atomic mass is 31.2. The Bertz CT molecular complexity index is 2540. The van der Waals surface area contributed by atoms with E-state index < -0.39 is 7.14 Å². The van der Waals surface area contributed by atoms with Gasteiger partial charge in [-0.05, 0) is 91.8 Å². The van der Waals surface area contributed by atoms with E-state index in [1.807, 2.05) is 60.7 Å². The Morgan fingerprint density at radius 2 is 0.833 bits per heavy atom. The van der Waals surface area contributed by atoms with Crippen LogP contribution in [-0.4, -0.2) is 0 Å². The van der Waals surface area contributed by atoms with E-state index in [0.29, 0.717) is 28.3 Å². The summed E-state index contributed by atoms with van der Waals surface area (Å²) < 4.78 is 30.2. The largest absolute Gasteiger partial charge is 0.456 e. The van der Waals surface area contributed by atoms with Gasteiger partial charge in [0.1, 0.15) is 28.3 Å². The number of hydrogen-bond donors (Lipinski definition) is 0. The average molecular weight is 635 g/mol. The first-order valence-corrected chi connectivity index (χ1v) is 17.8. The molecule has 0 fully saturated rings. The van der Waals surface area contributed by atoms with Gasteiger partial charge in [0.25, 0.3) is 0 Å². The minimum atomic E-state index is -3.54. The highest BCUT2D eigenvalue weighted by molar-refractivity contribution is 7.87. The molecule has 2 aliphatic rings. The molecule has 0 N–H and O–H groups in total. The Morgan fingerprint density at radius 1 is 0.375 bits per heavy atom. The van der Waals surface area contributed by atoms with E-state index >= 15 is 4.57 Å². The average Bonchev–Trinajstić information content (AvgIpc) is 3.15. The van der Waals surface area contributed by atoms with Crippen LogP contribution in [0.5, 0.6) is 23.0 Å². The first-order valence-electron chi connectivity index (χ1n) is 16.1. The third-order valence-electron chi connectivity index (χ3n) is 9.66. The van der Waals surface area contributed by atoms with E-state index in [-0.39, 0.29) is 0 Å². The molecule has 0 saturated heterocycles. The van der Waals surface area contributed by atoms with Crippen molar-refractivity contribution >= 4 is 44.6 Å². The zero-order valence-electron chi connectivity index (χ0n) is 25.8. The summed E-state index contributed by atoms with van der Waals surface area (Å²) in [6, 6.07) is 55.9. The van der Waals surface area contributed by atoms with Gasteiger partial charge in [-0.3, -0.25) is 0 Å². The quantitative estimate of drug-likeness (QED) is 0.181. The second kappa shape index (κ2) is 10.3. The number of fused-ring (bicyclic) bond motifs is 8. The molecule has 2 heterocycles. The molecule has 0 amide bonds. The molecule has 1 atom stereocenters. The highest BCUT2D eigenvalue weighted by Gasteiger charge is 2.49. The van der Waals surface area contributed by atoms with Gasteiger partial charge in [0.05, 0.1) is 10.6 Å². The minimum Gasteiger partial charge on any atom is -0.456 e. The second-order valence-corrected chi connectivity index (χ2v) is 15.0. The van der Waals surface area contributed by atoms with Crippen LogP contribution in [0.15, 0.2) is 164 Å². The summed E-state index contributed by atoms with van der Waals surface area (Å²) in [4.78, 5) is 0. The minimum absolute atomic E-state index is 0.570. The number of rotatable bonds is 3. The van der Waals surface area contributed by atoms with Crippen molar-refractivity contribution in [3.63, 3.8) is 0 Å². The summed E-state index contributed by atoms with van der Waals surface area (Å²) in [5, 5.41) is 5.99. The summed E-state index contributed by atoms with van der Waals surface area (Å²) in [7, 11) is -3.54. The fourth-order valence-electron chi connectivity index (χ4n) is 7.49. The third-order valence-corrected chi connectivity index (χ3v) is 12.9. The van der Waals surface area contributed by atoms with Crippen LogP contribution in [0.2, 0.25) is 0 Å². The van der Waals surface area contributed by atoms with Gasteiger partial charge in [-0.1, -0.05) is 121 Å². The molecule has 1 unspecified atom stereocenters. The summed E-state index contributed by atoms with van der Waals surface area (Å²) in [5.41, 5.74) is 6.28. The lowest BCUT2D eigenvalue weighted by atomic mass is 9.93. The Hall–Kier alpha value is -5.89. The Labute approximate surface area is 278 Å². The Balaban J connectivity index is 1.30. The molecule has 0 radical (unpaired) electrons. The smallest absolute Gasteiger partial charge is 0.187 e. The van der Waals surface area contributed by atoms with Gasteiger partial charge in [-0.15, -0.1) is 0 Å². The van der Waals surface area contributed by atoms with E-state index in [1.54, 1.807) is 0 Å². The van der Waals surface area contributed by atoms with E-state index in [0.717, 1.165) is 65.5 Å². The van der Waals surface area contributed by atoms with Crippen LogP contribution in [0.25, 0.3) is 54.9 Å². The molecule has 226 valence electrons. The van der Waals surface area contributed by atoms with Crippen molar-refractivity contribution in [3.05, 3.63) is 164 Å². The molecule has 48 heavy (non-hydrogen) atoms. The number of ether oxygens (including phenoxy) is 2. The predicted octanol–water partition coefficient (Wildman–Crippen LogP) is 10.8. The summed E-state index contributed by atoms with van der Waals surface area (Å²) in [5.74, 6) is 2.40. The lowest BCUT2D eigenvalue weighted by molar-refractivity contribution is 0.463. The Kier molecular flexibility index (Phi) is 5.85. The maximum Gasteiger partial charge on any atom is 0.187 e. The fourth-order valence-corrected chi connectivity index (χ4v) is 11.0. The molecule has 8 aromatic carbocycles. The molecule has 8 aromatic rings. The van der Waals surface area contributed by atoms with Crippen molar-refractivity contribution in [2.24, 2.45) is 0 Å². The van der Waals surface area contributed by atoms with Crippen molar-refractivity contribution in [2.45, 2.75) is 0 Å². The summed E-state index contributed by atoms with van der Waals surface area (Å²) in [6.45, 7) is 0. The van der Waals surface area contributed by atoms with E-state index in [4.69, 9.17) is 9.47 Å². The lowest BCUT2D eigenvalue weighted by Crippen LogP contribution is -2.36. The molecule has 0 aliphatic carbocycles. The van der Waals surface area contributed by atoms with Crippen LogP contribution in [-0.2, 0) is 4.57 Å². The van der Waals surface area contributed by atoms with Gasteiger partial charge in [0.2, 0.25) is 0 Å². The van der Waals surface area contributed by atoms with Crippen molar-refractivity contribution in [1.29, 1.82) is 0 Å². The van der Waals surface area contributed by atoms with Crippen LogP contribution < -0.4 is 25.4 Å². The highest BCUT2D eigenvalue weighted by Crippen LogP contribution is 2.62. The van der Waals surface area contributed by atoms with Crippen LogP contribution in [0.4, 0.5) is 0 Å². The molecular formula is C44H27O3P. The van der Waals surface area contributed by atoms with Gasteiger partial charge in [0.15, 0.2) is 7.14 Å². The van der Waals surface area contributed by atoms with E-state index in [1.165, 1.54) is 0 Å². The fraction of sp³-hybridized carbons (Fsp3) is 0. The van der Waals surface area contributed by atoms with Gasteiger partial charge in [-0.2, -0.15) is 0 Å².